The molecule has 92 valence electrons. The molecule has 3 nitrogen and oxygen atoms in total. The van der Waals surface area contributed by atoms with Gasteiger partial charge in [-0.2, -0.15) is 5.26 Å². The highest BCUT2D eigenvalue weighted by Crippen LogP contribution is 2.16. The molecular formula is C14H20N2O. The van der Waals surface area contributed by atoms with E-state index < -0.39 is 0 Å². The van der Waals surface area contributed by atoms with Crippen molar-refractivity contribution in [3.8, 4) is 11.8 Å². The lowest BCUT2D eigenvalue weighted by atomic mass is 10.1. The van der Waals surface area contributed by atoms with Gasteiger partial charge < -0.3 is 4.74 Å². The zero-order chi connectivity index (χ0) is 12.8. The smallest absolute Gasteiger partial charge is 0.130 e. The summed E-state index contributed by atoms with van der Waals surface area (Å²) < 4.78 is 5.61. The monoisotopic (exact) mass is 232 g/mol. The first-order chi connectivity index (χ1) is 8.02. The van der Waals surface area contributed by atoms with E-state index in [4.69, 9.17) is 10.00 Å². The molecule has 17 heavy (non-hydrogen) atoms. The zero-order valence-electron chi connectivity index (χ0n) is 10.9. The number of aryl methyl sites for hydroxylation is 2. The SMILES string of the molecule is Cc1ccc(OCC(C#N)NC(C)C)cc1C. The van der Waals surface area contributed by atoms with Crippen LogP contribution in [-0.4, -0.2) is 18.7 Å². The van der Waals surface area contributed by atoms with Gasteiger partial charge in [0.25, 0.3) is 0 Å². The molecule has 0 aromatic heterocycles. The number of benzene rings is 1. The van der Waals surface area contributed by atoms with Crippen molar-refractivity contribution in [3.63, 3.8) is 0 Å². The number of nitrogens with one attached hydrogen (secondary N) is 1. The summed E-state index contributed by atoms with van der Waals surface area (Å²) >= 11 is 0. The molecule has 0 saturated carbocycles. The molecule has 1 aromatic carbocycles. The van der Waals surface area contributed by atoms with Crippen molar-refractivity contribution in [2.24, 2.45) is 0 Å². The van der Waals surface area contributed by atoms with E-state index in [9.17, 15) is 0 Å². The third-order valence-corrected chi connectivity index (χ3v) is 2.59. The number of hydrogen-bond acceptors (Lipinski definition) is 3. The molecule has 1 N–H and O–H groups in total. The van der Waals surface area contributed by atoms with Gasteiger partial charge in [0.1, 0.15) is 18.4 Å². The average molecular weight is 232 g/mol. The zero-order valence-corrected chi connectivity index (χ0v) is 10.9. The molecular weight excluding hydrogens is 212 g/mol. The van der Waals surface area contributed by atoms with Crippen LogP contribution in [0.15, 0.2) is 18.2 Å². The Kier molecular flexibility index (Phi) is 4.99. The van der Waals surface area contributed by atoms with Crippen LogP contribution in [0.5, 0.6) is 5.75 Å². The molecule has 0 bridgehead atoms. The van der Waals surface area contributed by atoms with E-state index in [-0.39, 0.29) is 12.1 Å². The summed E-state index contributed by atoms with van der Waals surface area (Å²) in [4.78, 5) is 0. The Morgan fingerprint density at radius 2 is 2.00 bits per heavy atom. The third kappa shape index (κ3) is 4.46. The van der Waals surface area contributed by atoms with E-state index in [1.54, 1.807) is 0 Å². The molecule has 0 aliphatic heterocycles. The Labute approximate surface area is 103 Å². The van der Waals surface area contributed by atoms with Gasteiger partial charge in [-0.1, -0.05) is 6.07 Å². The summed E-state index contributed by atoms with van der Waals surface area (Å²) in [5.74, 6) is 0.818. The van der Waals surface area contributed by atoms with E-state index >= 15 is 0 Å². The minimum atomic E-state index is -0.267. The van der Waals surface area contributed by atoms with Crippen LogP contribution in [0.4, 0.5) is 0 Å². The van der Waals surface area contributed by atoms with Gasteiger partial charge >= 0.3 is 0 Å². The lowest BCUT2D eigenvalue weighted by Crippen LogP contribution is -2.37. The van der Waals surface area contributed by atoms with E-state index in [2.05, 4.69) is 25.2 Å². The highest BCUT2D eigenvalue weighted by Gasteiger charge is 2.09. The molecule has 1 rings (SSSR count). The maximum atomic E-state index is 8.96. The summed E-state index contributed by atoms with van der Waals surface area (Å²) in [7, 11) is 0. The summed E-state index contributed by atoms with van der Waals surface area (Å²) in [5, 5.41) is 12.1. The van der Waals surface area contributed by atoms with Crippen LogP contribution in [0.3, 0.4) is 0 Å². The van der Waals surface area contributed by atoms with Crippen LogP contribution in [0.25, 0.3) is 0 Å². The number of hydrogen-bond donors (Lipinski definition) is 1. The van der Waals surface area contributed by atoms with Crippen molar-refractivity contribution in [3.05, 3.63) is 29.3 Å². The maximum Gasteiger partial charge on any atom is 0.130 e. The average Bonchev–Trinajstić information content (AvgIpc) is 2.28. The fourth-order valence-electron chi connectivity index (χ4n) is 1.51. The van der Waals surface area contributed by atoms with Crippen molar-refractivity contribution in [1.29, 1.82) is 5.26 Å². The second kappa shape index (κ2) is 6.27. The number of nitriles is 1. The molecule has 1 aromatic rings. The lowest BCUT2D eigenvalue weighted by Gasteiger charge is -2.15. The Morgan fingerprint density at radius 3 is 2.53 bits per heavy atom. The van der Waals surface area contributed by atoms with Gasteiger partial charge in [-0.25, -0.2) is 0 Å². The molecule has 3 heteroatoms. The van der Waals surface area contributed by atoms with Gasteiger partial charge in [-0.15, -0.1) is 0 Å². The second-order valence-electron chi connectivity index (χ2n) is 4.56. The molecule has 0 heterocycles. The molecule has 0 spiro atoms. The third-order valence-electron chi connectivity index (χ3n) is 2.59. The van der Waals surface area contributed by atoms with Crippen LogP contribution in [0, 0.1) is 25.2 Å². The molecule has 0 amide bonds. The Bertz CT molecular complexity index is 407. The summed E-state index contributed by atoms with van der Waals surface area (Å²) in [6.45, 7) is 8.52. The van der Waals surface area contributed by atoms with Gasteiger partial charge in [0.2, 0.25) is 0 Å². The van der Waals surface area contributed by atoms with Gasteiger partial charge in [-0.3, -0.25) is 5.32 Å². The molecule has 1 atom stereocenters. The largest absolute Gasteiger partial charge is 0.491 e. The van der Waals surface area contributed by atoms with Crippen LogP contribution in [-0.2, 0) is 0 Å². The highest BCUT2D eigenvalue weighted by atomic mass is 16.5. The molecule has 0 radical (unpaired) electrons. The first-order valence-electron chi connectivity index (χ1n) is 5.88. The number of rotatable bonds is 5. The van der Waals surface area contributed by atoms with Gasteiger partial charge in [0.15, 0.2) is 0 Å². The van der Waals surface area contributed by atoms with Crippen LogP contribution in [0.2, 0.25) is 0 Å². The predicted octanol–water partition coefficient (Wildman–Crippen LogP) is 2.57. The second-order valence-corrected chi connectivity index (χ2v) is 4.56. The molecule has 0 aliphatic carbocycles. The molecule has 0 saturated heterocycles. The van der Waals surface area contributed by atoms with Gasteiger partial charge in [0, 0.05) is 6.04 Å². The van der Waals surface area contributed by atoms with E-state index in [0.717, 1.165) is 5.75 Å². The lowest BCUT2D eigenvalue weighted by molar-refractivity contribution is 0.282. The Morgan fingerprint density at radius 1 is 1.29 bits per heavy atom. The van der Waals surface area contributed by atoms with Crippen molar-refractivity contribution in [1.82, 2.24) is 5.32 Å². The van der Waals surface area contributed by atoms with Gasteiger partial charge in [0.05, 0.1) is 6.07 Å². The summed E-state index contributed by atoms with van der Waals surface area (Å²) in [6, 6.07) is 8.17. The summed E-state index contributed by atoms with van der Waals surface area (Å²) in [6.07, 6.45) is 0. The van der Waals surface area contributed by atoms with Crippen molar-refractivity contribution < 1.29 is 4.74 Å². The summed E-state index contributed by atoms with van der Waals surface area (Å²) in [5.41, 5.74) is 2.45. The van der Waals surface area contributed by atoms with Crippen molar-refractivity contribution in [2.45, 2.75) is 39.8 Å². The first kappa shape index (κ1) is 13.5. The number of nitrogens with zero attached hydrogens (tertiary/aromatic N) is 1. The van der Waals surface area contributed by atoms with E-state index in [0.29, 0.717) is 6.61 Å². The van der Waals surface area contributed by atoms with E-state index in [1.165, 1.54) is 11.1 Å². The Balaban J connectivity index is 2.54. The van der Waals surface area contributed by atoms with E-state index in [1.807, 2.05) is 32.0 Å². The minimum absolute atomic E-state index is 0.267. The van der Waals surface area contributed by atoms with Crippen LogP contribution in [0.1, 0.15) is 25.0 Å². The standard InChI is InChI=1S/C14H20N2O/c1-10(2)16-13(8-15)9-17-14-6-5-11(3)12(4)7-14/h5-7,10,13,16H,9H2,1-4H3. The Hall–Kier alpha value is -1.53. The highest BCUT2D eigenvalue weighted by molar-refractivity contribution is 5.33. The molecule has 0 aliphatic rings. The van der Waals surface area contributed by atoms with Gasteiger partial charge in [-0.05, 0) is 51.0 Å². The quantitative estimate of drug-likeness (QED) is 0.848. The van der Waals surface area contributed by atoms with Crippen LogP contribution < -0.4 is 10.1 Å². The molecule has 0 fully saturated rings. The first-order valence-corrected chi connectivity index (χ1v) is 5.88. The van der Waals surface area contributed by atoms with Crippen molar-refractivity contribution >= 4 is 0 Å². The fourth-order valence-corrected chi connectivity index (χ4v) is 1.51. The topological polar surface area (TPSA) is 45.0 Å². The normalized spacial score (nSPS) is 12.2. The number of ether oxygens (including phenoxy) is 1. The van der Waals surface area contributed by atoms with Crippen molar-refractivity contribution in [2.75, 3.05) is 6.61 Å². The predicted molar refractivity (Wildman–Crippen MR) is 69.1 cm³/mol. The van der Waals surface area contributed by atoms with Crippen LogP contribution >= 0.6 is 0 Å². The fraction of sp³-hybridized carbons (Fsp3) is 0.500. The minimum Gasteiger partial charge on any atom is -0.491 e. The molecule has 1 unspecified atom stereocenters. The maximum absolute atomic E-state index is 8.96.